The minimum absolute atomic E-state index is 0.0243. The molecule has 0 fully saturated rings. The van der Waals surface area contributed by atoms with Gasteiger partial charge >= 0.3 is 0 Å². The Bertz CT molecular complexity index is 103. The van der Waals surface area contributed by atoms with Crippen molar-refractivity contribution in [3.8, 4) is 6.07 Å². The Morgan fingerprint density at radius 3 is 2.38 bits per heavy atom. The third-order valence-corrected chi connectivity index (χ3v) is 0.801. The van der Waals surface area contributed by atoms with E-state index in [2.05, 4.69) is 0 Å². The minimum atomic E-state index is -1.21. The summed E-state index contributed by atoms with van der Waals surface area (Å²) in [6.45, 7) is 1.05. The van der Waals surface area contributed by atoms with E-state index >= 15 is 0 Å². The lowest BCUT2D eigenvalue weighted by Crippen LogP contribution is -2.27. The van der Waals surface area contributed by atoms with Crippen LogP contribution in [0.4, 0.5) is 0 Å². The van der Waals surface area contributed by atoms with Gasteiger partial charge < -0.3 is 10.2 Å². The predicted molar refractivity (Wildman–Crippen MR) is 27.9 cm³/mol. The van der Waals surface area contributed by atoms with Crippen molar-refractivity contribution in [2.45, 2.75) is 18.9 Å². The van der Waals surface area contributed by atoms with Crippen LogP contribution in [0.25, 0.3) is 0 Å². The second kappa shape index (κ2) is 2.65. The van der Waals surface area contributed by atoms with Gasteiger partial charge in [0.2, 0.25) is 0 Å². The maximum absolute atomic E-state index is 8.85. The van der Waals surface area contributed by atoms with Crippen LogP contribution in [0.15, 0.2) is 0 Å². The molecular formula is C5H9NO2. The van der Waals surface area contributed by atoms with Gasteiger partial charge in [0.25, 0.3) is 0 Å². The number of rotatable bonds is 2. The average Bonchev–Trinajstić information content (AvgIpc) is 1.67. The van der Waals surface area contributed by atoms with E-state index in [1.54, 1.807) is 6.07 Å². The zero-order valence-electron chi connectivity index (χ0n) is 4.76. The van der Waals surface area contributed by atoms with Crippen LogP contribution in [-0.2, 0) is 0 Å². The van der Waals surface area contributed by atoms with E-state index in [1.165, 1.54) is 6.92 Å². The number of aliphatic hydroxyl groups excluding tert-OH is 1. The smallest absolute Gasteiger partial charge is 0.0978 e. The van der Waals surface area contributed by atoms with E-state index in [0.717, 1.165) is 0 Å². The van der Waals surface area contributed by atoms with Gasteiger partial charge in [-0.15, -0.1) is 0 Å². The number of nitrogens with zero attached hydrogens (tertiary/aromatic N) is 1. The molecule has 8 heavy (non-hydrogen) atoms. The Morgan fingerprint density at radius 1 is 1.75 bits per heavy atom. The Morgan fingerprint density at radius 2 is 2.25 bits per heavy atom. The summed E-state index contributed by atoms with van der Waals surface area (Å²) in [6, 6.07) is 1.75. The van der Waals surface area contributed by atoms with Gasteiger partial charge in [0, 0.05) is 0 Å². The van der Waals surface area contributed by atoms with Gasteiger partial charge in [-0.05, 0) is 6.92 Å². The summed E-state index contributed by atoms with van der Waals surface area (Å²) in [6.07, 6.45) is -0.0243. The molecule has 0 aliphatic rings. The first-order valence-electron chi connectivity index (χ1n) is 2.32. The van der Waals surface area contributed by atoms with Crippen molar-refractivity contribution >= 4 is 0 Å². The Kier molecular flexibility index (Phi) is 2.46. The van der Waals surface area contributed by atoms with Crippen molar-refractivity contribution in [2.24, 2.45) is 0 Å². The van der Waals surface area contributed by atoms with Crippen LogP contribution in [0.2, 0.25) is 0 Å². The Hall–Kier alpha value is -0.590. The van der Waals surface area contributed by atoms with Crippen molar-refractivity contribution in [1.82, 2.24) is 0 Å². The standard InChI is InChI=1S/C5H9NO2/c1-5(8,4-7)2-3-6/h7-8H,2,4H2,1H3. The van der Waals surface area contributed by atoms with Crippen LogP contribution in [-0.4, -0.2) is 22.4 Å². The first kappa shape index (κ1) is 7.41. The fourth-order valence-corrected chi connectivity index (χ4v) is 0.226. The first-order chi connectivity index (χ1) is 3.62. The summed E-state index contributed by atoms with van der Waals surface area (Å²) in [7, 11) is 0. The predicted octanol–water partition coefficient (Wildman–Crippen LogP) is -0.357. The Labute approximate surface area is 48.2 Å². The fraction of sp³-hybridized carbons (Fsp3) is 0.800. The minimum Gasteiger partial charge on any atom is -0.393 e. The lowest BCUT2D eigenvalue weighted by atomic mass is 10.1. The molecule has 46 valence electrons. The Balaban J connectivity index is 3.58. The highest BCUT2D eigenvalue weighted by molar-refractivity contribution is 4.84. The van der Waals surface area contributed by atoms with E-state index < -0.39 is 5.60 Å². The molecule has 3 nitrogen and oxygen atoms in total. The highest BCUT2D eigenvalue weighted by Crippen LogP contribution is 2.04. The van der Waals surface area contributed by atoms with Crippen LogP contribution in [0.5, 0.6) is 0 Å². The molecule has 0 saturated carbocycles. The molecule has 0 aromatic carbocycles. The molecule has 1 unspecified atom stereocenters. The monoisotopic (exact) mass is 115 g/mol. The van der Waals surface area contributed by atoms with E-state index in [0.29, 0.717) is 0 Å². The molecule has 0 radical (unpaired) electrons. The van der Waals surface area contributed by atoms with Crippen LogP contribution in [0.3, 0.4) is 0 Å². The maximum atomic E-state index is 8.85. The summed E-state index contributed by atoms with van der Waals surface area (Å²) in [5.41, 5.74) is -1.21. The fourth-order valence-electron chi connectivity index (χ4n) is 0.226. The van der Waals surface area contributed by atoms with Crippen LogP contribution in [0.1, 0.15) is 13.3 Å². The maximum Gasteiger partial charge on any atom is 0.0978 e. The molecule has 0 heterocycles. The second-order valence-electron chi connectivity index (χ2n) is 1.99. The summed E-state index contributed by atoms with van der Waals surface area (Å²) < 4.78 is 0. The molecule has 0 aliphatic heterocycles. The van der Waals surface area contributed by atoms with E-state index in [-0.39, 0.29) is 13.0 Å². The molecule has 0 spiro atoms. The summed E-state index contributed by atoms with van der Waals surface area (Å²) in [4.78, 5) is 0. The molecule has 0 amide bonds. The number of aliphatic hydroxyl groups is 2. The first-order valence-corrected chi connectivity index (χ1v) is 2.32. The molecule has 1 atom stereocenters. The van der Waals surface area contributed by atoms with E-state index in [9.17, 15) is 0 Å². The number of hydrogen-bond acceptors (Lipinski definition) is 3. The highest BCUT2D eigenvalue weighted by atomic mass is 16.3. The zero-order valence-corrected chi connectivity index (χ0v) is 4.76. The van der Waals surface area contributed by atoms with Gasteiger partial charge in [0.15, 0.2) is 0 Å². The van der Waals surface area contributed by atoms with Crippen molar-refractivity contribution in [3.05, 3.63) is 0 Å². The van der Waals surface area contributed by atoms with Crippen LogP contribution in [0, 0.1) is 11.3 Å². The van der Waals surface area contributed by atoms with Gasteiger partial charge in [-0.3, -0.25) is 0 Å². The average molecular weight is 115 g/mol. The van der Waals surface area contributed by atoms with E-state index in [4.69, 9.17) is 15.5 Å². The highest BCUT2D eigenvalue weighted by Gasteiger charge is 2.17. The van der Waals surface area contributed by atoms with Gasteiger partial charge in [0.05, 0.1) is 24.7 Å². The topological polar surface area (TPSA) is 64.2 Å². The second-order valence-corrected chi connectivity index (χ2v) is 1.99. The number of nitriles is 1. The third kappa shape index (κ3) is 2.56. The lowest BCUT2D eigenvalue weighted by Gasteiger charge is -2.14. The zero-order chi connectivity index (χ0) is 6.62. The molecule has 0 saturated heterocycles. The lowest BCUT2D eigenvalue weighted by molar-refractivity contribution is 0.00594. The van der Waals surface area contributed by atoms with Gasteiger partial charge in [-0.1, -0.05) is 0 Å². The quantitative estimate of drug-likeness (QED) is 0.516. The summed E-state index contributed by atoms with van der Waals surface area (Å²) >= 11 is 0. The van der Waals surface area contributed by atoms with Crippen molar-refractivity contribution in [1.29, 1.82) is 5.26 Å². The molecule has 0 aromatic heterocycles. The van der Waals surface area contributed by atoms with Crippen molar-refractivity contribution in [2.75, 3.05) is 6.61 Å². The summed E-state index contributed by atoms with van der Waals surface area (Å²) in [5, 5.41) is 25.2. The SMILES string of the molecule is CC(O)(CO)CC#N. The van der Waals surface area contributed by atoms with Crippen molar-refractivity contribution in [3.63, 3.8) is 0 Å². The van der Waals surface area contributed by atoms with Gasteiger partial charge in [-0.2, -0.15) is 5.26 Å². The molecule has 3 heteroatoms. The molecule has 2 N–H and O–H groups in total. The van der Waals surface area contributed by atoms with Crippen LogP contribution >= 0.6 is 0 Å². The molecule has 0 rings (SSSR count). The third-order valence-electron chi connectivity index (χ3n) is 0.801. The van der Waals surface area contributed by atoms with Gasteiger partial charge in [0.1, 0.15) is 0 Å². The number of hydrogen-bond donors (Lipinski definition) is 2. The van der Waals surface area contributed by atoms with Crippen molar-refractivity contribution < 1.29 is 10.2 Å². The van der Waals surface area contributed by atoms with Gasteiger partial charge in [-0.25, -0.2) is 0 Å². The summed E-state index contributed by atoms with van der Waals surface area (Å²) in [5.74, 6) is 0. The molecule has 0 aliphatic carbocycles. The largest absolute Gasteiger partial charge is 0.393 e. The molecule has 0 aromatic rings. The molecular weight excluding hydrogens is 106 g/mol. The van der Waals surface area contributed by atoms with Crippen LogP contribution < -0.4 is 0 Å². The van der Waals surface area contributed by atoms with E-state index in [1.807, 2.05) is 0 Å². The normalized spacial score (nSPS) is 16.8. The molecule has 0 bridgehead atoms.